The number of fused-ring (bicyclic) bond motifs is 1. The fraction of sp³-hybridized carbons (Fsp3) is 0.714. The van der Waals surface area contributed by atoms with E-state index < -0.39 is 19.0 Å². The molecule has 11 nitrogen and oxygen atoms in total. The van der Waals surface area contributed by atoms with E-state index in [1.807, 2.05) is 18.4 Å². The molecule has 2 atom stereocenters. The van der Waals surface area contributed by atoms with Gasteiger partial charge in [-0.15, -0.1) is 0 Å². The van der Waals surface area contributed by atoms with Crippen molar-refractivity contribution in [3.8, 4) is 0 Å². The van der Waals surface area contributed by atoms with E-state index >= 15 is 0 Å². The van der Waals surface area contributed by atoms with Gasteiger partial charge >= 0.3 is 5.97 Å². The number of nitrogens with zero attached hydrogens (tertiary/aromatic N) is 4. The van der Waals surface area contributed by atoms with Gasteiger partial charge in [-0.3, -0.25) is 14.4 Å². The maximum Gasteiger partial charge on any atom is 0.326 e. The number of anilines is 1. The molecule has 1 aliphatic rings. The van der Waals surface area contributed by atoms with Gasteiger partial charge in [0.2, 0.25) is 7.44 Å². The molecule has 3 rings (SSSR count). The fourth-order valence-electron chi connectivity index (χ4n) is 3.95. The summed E-state index contributed by atoms with van der Waals surface area (Å²) in [5, 5.41) is 5.98. The summed E-state index contributed by atoms with van der Waals surface area (Å²) in [6.07, 6.45) is 7.63. The highest BCUT2D eigenvalue weighted by molar-refractivity contribution is 7.59. The monoisotopic (exact) mass is 481 g/mol. The maximum absolute atomic E-state index is 13.6. The van der Waals surface area contributed by atoms with Crippen LogP contribution in [-0.4, -0.2) is 56.1 Å². The Bertz CT molecular complexity index is 990. The van der Waals surface area contributed by atoms with Crippen LogP contribution < -0.4 is 15.9 Å². The molecule has 2 aromatic heterocycles. The Labute approximate surface area is 194 Å². The summed E-state index contributed by atoms with van der Waals surface area (Å²) in [5.41, 5.74) is 5.85. The second kappa shape index (κ2) is 10.9. The van der Waals surface area contributed by atoms with E-state index in [-0.39, 0.29) is 18.6 Å². The quantitative estimate of drug-likeness (QED) is 0.323. The lowest BCUT2D eigenvalue weighted by Crippen LogP contribution is -2.49. The Morgan fingerprint density at radius 3 is 2.73 bits per heavy atom. The lowest BCUT2D eigenvalue weighted by molar-refractivity contribution is -0.156. The van der Waals surface area contributed by atoms with E-state index in [2.05, 4.69) is 25.1 Å². The average molecular weight is 482 g/mol. The zero-order chi connectivity index (χ0) is 24.1. The van der Waals surface area contributed by atoms with Crippen molar-refractivity contribution in [1.29, 1.82) is 0 Å². The number of aromatic nitrogens is 4. The number of nitrogens with one attached hydrogen (secondary N) is 2. The molecule has 0 amide bonds. The third-order valence-electron chi connectivity index (χ3n) is 5.63. The van der Waals surface area contributed by atoms with E-state index in [0.29, 0.717) is 30.1 Å². The second-order valence-electron chi connectivity index (χ2n) is 9.09. The summed E-state index contributed by atoms with van der Waals surface area (Å²) in [4.78, 5) is 25.2. The Morgan fingerprint density at radius 2 is 2.03 bits per heavy atom. The van der Waals surface area contributed by atoms with Crippen LogP contribution in [0.3, 0.4) is 0 Å². The van der Waals surface area contributed by atoms with Crippen LogP contribution >= 0.6 is 7.44 Å². The molecule has 2 heterocycles. The van der Waals surface area contributed by atoms with Crippen LogP contribution in [0.25, 0.3) is 11.2 Å². The lowest BCUT2D eigenvalue weighted by atomic mass is 9.97. The first-order chi connectivity index (χ1) is 15.6. The van der Waals surface area contributed by atoms with Crippen LogP contribution in [0, 0.1) is 0 Å². The summed E-state index contributed by atoms with van der Waals surface area (Å²) in [6, 6.07) is 0. The Hall–Kier alpha value is -2.07. The molecule has 12 heteroatoms. The van der Waals surface area contributed by atoms with Gasteiger partial charge in [-0.1, -0.05) is 13.3 Å². The predicted molar refractivity (Wildman–Crippen MR) is 127 cm³/mol. The number of hydrogen-bond donors (Lipinski definition) is 3. The van der Waals surface area contributed by atoms with Crippen LogP contribution in [0.4, 0.5) is 5.82 Å². The number of esters is 1. The van der Waals surface area contributed by atoms with Crippen LogP contribution in [0.2, 0.25) is 0 Å². The number of imidazole rings is 1. The maximum atomic E-state index is 13.6. The van der Waals surface area contributed by atoms with Gasteiger partial charge < -0.3 is 19.8 Å². The summed E-state index contributed by atoms with van der Waals surface area (Å²) >= 11 is 0. The summed E-state index contributed by atoms with van der Waals surface area (Å²) in [7, 11) is -3.24. The highest BCUT2D eigenvalue weighted by atomic mass is 31.2. The Morgan fingerprint density at radius 1 is 1.30 bits per heavy atom. The predicted octanol–water partition coefficient (Wildman–Crippen LogP) is 2.82. The number of hydrogen-bond acceptors (Lipinski definition) is 8. The highest BCUT2D eigenvalue weighted by Gasteiger charge is 2.38. The zero-order valence-electron chi connectivity index (χ0n) is 19.9. The molecule has 0 bridgehead atoms. The molecule has 1 unspecified atom stereocenters. The van der Waals surface area contributed by atoms with E-state index in [0.717, 1.165) is 25.7 Å². The van der Waals surface area contributed by atoms with E-state index in [1.165, 1.54) is 12.7 Å². The molecular formula is C21H36N7O4P. The van der Waals surface area contributed by atoms with Crippen molar-refractivity contribution in [2.24, 2.45) is 0 Å². The van der Waals surface area contributed by atoms with Gasteiger partial charge in [-0.05, 0) is 46.5 Å². The van der Waals surface area contributed by atoms with Crippen LogP contribution in [0.15, 0.2) is 12.7 Å². The molecule has 0 aliphatic heterocycles. The summed E-state index contributed by atoms with van der Waals surface area (Å²) in [6.45, 7) is 7.99. The van der Waals surface area contributed by atoms with Gasteiger partial charge in [0, 0.05) is 6.54 Å². The lowest BCUT2D eigenvalue weighted by Gasteiger charge is -2.33. The smallest absolute Gasteiger partial charge is 0.326 e. The minimum absolute atomic E-state index is 0.0648. The third kappa shape index (κ3) is 6.72. The molecule has 0 aromatic carbocycles. The van der Waals surface area contributed by atoms with Gasteiger partial charge in [-0.2, -0.15) is 0 Å². The van der Waals surface area contributed by atoms with Crippen molar-refractivity contribution >= 4 is 30.4 Å². The van der Waals surface area contributed by atoms with Gasteiger partial charge in [0.05, 0.1) is 19.0 Å². The topological polar surface area (TPSA) is 146 Å². The molecule has 4 N–H and O–H groups in total. The van der Waals surface area contributed by atoms with Gasteiger partial charge in [0.15, 0.2) is 11.5 Å². The molecule has 0 spiro atoms. The normalized spacial score (nSPS) is 18.2. The van der Waals surface area contributed by atoms with Gasteiger partial charge in [-0.25, -0.2) is 20.0 Å². The van der Waals surface area contributed by atoms with E-state index in [1.54, 1.807) is 20.2 Å². The Kier molecular flexibility index (Phi) is 8.44. The van der Waals surface area contributed by atoms with Crippen molar-refractivity contribution in [3.63, 3.8) is 0 Å². The zero-order valence-corrected chi connectivity index (χ0v) is 20.8. The van der Waals surface area contributed by atoms with Crippen LogP contribution in [0.1, 0.15) is 59.8 Å². The van der Waals surface area contributed by atoms with Crippen molar-refractivity contribution in [1.82, 2.24) is 29.7 Å². The van der Waals surface area contributed by atoms with Crippen molar-refractivity contribution in [2.45, 2.75) is 84.1 Å². The van der Waals surface area contributed by atoms with Crippen molar-refractivity contribution in [3.05, 3.63) is 12.7 Å². The number of nitrogens with two attached hydrogens (primary N) is 1. The van der Waals surface area contributed by atoms with E-state index in [4.69, 9.17) is 15.2 Å². The SMILES string of the molecule is CCNP(=O)(CO[C@H](C)Cn1cnc2c(N)ncnc21)NC(C)(C)C(=O)OC1CCCCC1. The number of ether oxygens (including phenoxy) is 2. The molecule has 1 aliphatic carbocycles. The first kappa shape index (κ1) is 25.6. The average Bonchev–Trinajstić information content (AvgIpc) is 3.17. The number of nitrogen functional groups attached to an aromatic ring is 1. The minimum atomic E-state index is -3.24. The Balaban J connectivity index is 1.60. The summed E-state index contributed by atoms with van der Waals surface area (Å²) in [5.74, 6) is -0.0850. The van der Waals surface area contributed by atoms with Crippen molar-refractivity contribution < 1.29 is 18.8 Å². The van der Waals surface area contributed by atoms with E-state index in [9.17, 15) is 9.36 Å². The molecule has 33 heavy (non-hydrogen) atoms. The fourth-order valence-corrected chi connectivity index (χ4v) is 6.15. The largest absolute Gasteiger partial charge is 0.461 e. The van der Waals surface area contributed by atoms with Crippen LogP contribution in [0.5, 0.6) is 0 Å². The van der Waals surface area contributed by atoms with Crippen LogP contribution in [-0.2, 0) is 25.4 Å². The molecule has 2 aromatic rings. The second-order valence-corrected chi connectivity index (χ2v) is 11.4. The number of rotatable bonds is 11. The molecule has 1 saturated carbocycles. The minimum Gasteiger partial charge on any atom is -0.461 e. The van der Waals surface area contributed by atoms with Gasteiger partial charge in [0.1, 0.15) is 29.8 Å². The molecule has 184 valence electrons. The molecule has 0 radical (unpaired) electrons. The number of carbonyl (C=O) groups excluding carboxylic acids is 1. The molecular weight excluding hydrogens is 445 g/mol. The molecule has 1 fully saturated rings. The summed E-state index contributed by atoms with van der Waals surface area (Å²) < 4.78 is 27.0. The first-order valence-electron chi connectivity index (χ1n) is 11.5. The highest BCUT2D eigenvalue weighted by Crippen LogP contribution is 2.39. The van der Waals surface area contributed by atoms with Crippen molar-refractivity contribution in [2.75, 3.05) is 18.6 Å². The molecule has 0 saturated heterocycles. The van der Waals surface area contributed by atoms with Gasteiger partial charge in [0.25, 0.3) is 0 Å². The first-order valence-corrected chi connectivity index (χ1v) is 13.4. The number of carbonyl (C=O) groups is 1. The third-order valence-corrected chi connectivity index (χ3v) is 7.89. The standard InChI is InChI=1S/C21H36N7O4P/c1-5-26-33(30,27-21(3,4)20(29)32-16-9-7-6-8-10-16)14-31-15(2)11-28-13-25-17-18(22)23-12-24-19(17)28/h12-13,15-16H,5-11,14H2,1-4H3,(H2,22,23,24)(H2,26,27,30)/t15-,33?/m1/s1.